The first-order chi connectivity index (χ1) is 11.4. The number of hydrogen-bond acceptors (Lipinski definition) is 4. The number of likely N-dealkylation sites (tertiary alicyclic amines) is 1. The standard InChI is InChI=1S/C16H26N4O3S.HI/c1-23-14-7-6-13(12-15(14)24(18,21)22)8-9-19-16(17)20-10-4-2-3-5-11-20;/h6-7,12H,2-5,8-11H2,1H3,(H2,17,19)(H2,18,21,22);1H. The zero-order valence-electron chi connectivity index (χ0n) is 14.5. The molecule has 1 saturated heterocycles. The lowest BCUT2D eigenvalue weighted by Crippen LogP contribution is -2.38. The number of hydrogen-bond donors (Lipinski definition) is 2. The van der Waals surface area contributed by atoms with Gasteiger partial charge in [-0.3, -0.25) is 4.99 Å². The van der Waals surface area contributed by atoms with Gasteiger partial charge in [-0.1, -0.05) is 18.9 Å². The van der Waals surface area contributed by atoms with E-state index in [-0.39, 0.29) is 34.6 Å². The molecule has 0 amide bonds. The van der Waals surface area contributed by atoms with Crippen LogP contribution < -0.4 is 15.6 Å². The van der Waals surface area contributed by atoms with Gasteiger partial charge in [-0.15, -0.1) is 24.0 Å². The quantitative estimate of drug-likeness (QED) is 0.377. The summed E-state index contributed by atoms with van der Waals surface area (Å²) in [6.07, 6.45) is 5.36. The van der Waals surface area contributed by atoms with E-state index >= 15 is 0 Å². The molecule has 0 bridgehead atoms. The molecule has 0 aromatic heterocycles. The van der Waals surface area contributed by atoms with Gasteiger partial charge < -0.3 is 15.4 Å². The zero-order valence-corrected chi connectivity index (χ0v) is 17.6. The Morgan fingerprint density at radius 2 is 1.88 bits per heavy atom. The molecular weight excluding hydrogens is 455 g/mol. The molecule has 0 radical (unpaired) electrons. The number of nitrogens with two attached hydrogens (primary N) is 2. The Morgan fingerprint density at radius 3 is 2.44 bits per heavy atom. The highest BCUT2D eigenvalue weighted by atomic mass is 127. The molecule has 1 aliphatic rings. The summed E-state index contributed by atoms with van der Waals surface area (Å²) in [4.78, 5) is 6.54. The smallest absolute Gasteiger partial charge is 0.241 e. The van der Waals surface area contributed by atoms with E-state index < -0.39 is 10.0 Å². The molecule has 1 aromatic rings. The number of nitrogens with zero attached hydrogens (tertiary/aromatic N) is 2. The van der Waals surface area contributed by atoms with Gasteiger partial charge in [0.1, 0.15) is 10.6 Å². The molecule has 0 spiro atoms. The molecule has 1 aromatic carbocycles. The first-order valence-electron chi connectivity index (χ1n) is 8.16. The van der Waals surface area contributed by atoms with E-state index in [1.807, 2.05) is 6.07 Å². The second-order valence-electron chi connectivity index (χ2n) is 5.92. The molecule has 9 heteroatoms. The first-order valence-corrected chi connectivity index (χ1v) is 9.71. The highest BCUT2D eigenvalue weighted by molar-refractivity contribution is 14.0. The second kappa shape index (κ2) is 10.2. The largest absolute Gasteiger partial charge is 0.495 e. The topological polar surface area (TPSA) is 111 Å². The van der Waals surface area contributed by atoms with Crippen molar-refractivity contribution >= 4 is 40.0 Å². The minimum atomic E-state index is -3.82. The number of rotatable bonds is 5. The van der Waals surface area contributed by atoms with E-state index in [1.165, 1.54) is 26.0 Å². The maximum absolute atomic E-state index is 11.6. The van der Waals surface area contributed by atoms with Crippen LogP contribution >= 0.6 is 24.0 Å². The molecule has 4 N–H and O–H groups in total. The second-order valence-corrected chi connectivity index (χ2v) is 7.45. The van der Waals surface area contributed by atoms with Crippen molar-refractivity contribution in [2.75, 3.05) is 26.7 Å². The summed E-state index contributed by atoms with van der Waals surface area (Å²) in [6.45, 7) is 2.40. The summed E-state index contributed by atoms with van der Waals surface area (Å²) in [5, 5.41) is 5.23. The maximum atomic E-state index is 11.6. The van der Waals surface area contributed by atoms with Gasteiger partial charge in [0.15, 0.2) is 5.96 Å². The predicted octanol–water partition coefficient (Wildman–Crippen LogP) is 1.69. The third kappa shape index (κ3) is 6.63. The SMILES string of the molecule is COc1ccc(CCN=C(N)N2CCCCCC2)cc1S(N)(=O)=O.I. The highest BCUT2D eigenvalue weighted by Gasteiger charge is 2.15. The Kier molecular flexibility index (Phi) is 8.94. The zero-order chi connectivity index (χ0) is 17.6. The lowest BCUT2D eigenvalue weighted by atomic mass is 10.1. The molecule has 0 unspecified atom stereocenters. The molecule has 1 heterocycles. The molecule has 25 heavy (non-hydrogen) atoms. The van der Waals surface area contributed by atoms with E-state index in [4.69, 9.17) is 15.6 Å². The fourth-order valence-corrected chi connectivity index (χ4v) is 3.55. The molecule has 1 aliphatic heterocycles. The molecule has 142 valence electrons. The number of halogens is 1. The van der Waals surface area contributed by atoms with Crippen LogP contribution in [-0.2, 0) is 16.4 Å². The number of guanidine groups is 1. The van der Waals surface area contributed by atoms with E-state index in [2.05, 4.69) is 9.89 Å². The average molecular weight is 482 g/mol. The highest BCUT2D eigenvalue weighted by Crippen LogP contribution is 2.23. The number of benzene rings is 1. The van der Waals surface area contributed by atoms with Gasteiger partial charge >= 0.3 is 0 Å². The monoisotopic (exact) mass is 482 g/mol. The number of sulfonamides is 1. The third-order valence-electron chi connectivity index (χ3n) is 4.14. The van der Waals surface area contributed by atoms with Crippen molar-refractivity contribution in [1.82, 2.24) is 4.90 Å². The molecule has 2 rings (SSSR count). The predicted molar refractivity (Wildman–Crippen MR) is 110 cm³/mol. The van der Waals surface area contributed by atoms with Crippen molar-refractivity contribution in [3.63, 3.8) is 0 Å². The number of aliphatic imine (C=N–C) groups is 1. The molecule has 0 saturated carbocycles. The van der Waals surface area contributed by atoms with Crippen LogP contribution in [0.3, 0.4) is 0 Å². The molecule has 7 nitrogen and oxygen atoms in total. The molecule has 0 aliphatic carbocycles. The van der Waals surface area contributed by atoms with Gasteiger partial charge in [0.05, 0.1) is 7.11 Å². The van der Waals surface area contributed by atoms with Crippen LogP contribution in [0.5, 0.6) is 5.75 Å². The summed E-state index contributed by atoms with van der Waals surface area (Å²) in [6, 6.07) is 4.95. The van der Waals surface area contributed by atoms with E-state index in [1.54, 1.807) is 6.07 Å². The van der Waals surface area contributed by atoms with E-state index in [9.17, 15) is 8.42 Å². The normalized spacial score (nSPS) is 16.1. The summed E-state index contributed by atoms with van der Waals surface area (Å²) >= 11 is 0. The van der Waals surface area contributed by atoms with Crippen LogP contribution in [0, 0.1) is 0 Å². The van der Waals surface area contributed by atoms with Crippen LogP contribution in [0.2, 0.25) is 0 Å². The minimum absolute atomic E-state index is 0. The fourth-order valence-electron chi connectivity index (χ4n) is 2.80. The Labute approximate surface area is 166 Å². The van der Waals surface area contributed by atoms with Crippen LogP contribution in [0.25, 0.3) is 0 Å². The summed E-state index contributed by atoms with van der Waals surface area (Å²) < 4.78 is 28.3. The van der Waals surface area contributed by atoms with Gasteiger partial charge in [0.25, 0.3) is 0 Å². The van der Waals surface area contributed by atoms with Gasteiger partial charge in [-0.25, -0.2) is 13.6 Å². The lowest BCUT2D eigenvalue weighted by Gasteiger charge is -2.21. The molecule has 0 atom stereocenters. The third-order valence-corrected chi connectivity index (χ3v) is 5.07. The molecule has 1 fully saturated rings. The summed E-state index contributed by atoms with van der Waals surface area (Å²) in [5.41, 5.74) is 6.89. The first kappa shape index (κ1) is 22.0. The van der Waals surface area contributed by atoms with Crippen LogP contribution in [-0.4, -0.2) is 46.0 Å². The van der Waals surface area contributed by atoms with Crippen LogP contribution in [0.4, 0.5) is 0 Å². The molecular formula is C16H27IN4O3S. The summed E-state index contributed by atoms with van der Waals surface area (Å²) in [7, 11) is -2.41. The van der Waals surface area contributed by atoms with Gasteiger partial charge in [0, 0.05) is 19.6 Å². The number of methoxy groups -OCH3 is 1. The van der Waals surface area contributed by atoms with Crippen molar-refractivity contribution in [2.45, 2.75) is 37.0 Å². The van der Waals surface area contributed by atoms with Crippen molar-refractivity contribution in [2.24, 2.45) is 15.9 Å². The van der Waals surface area contributed by atoms with Gasteiger partial charge in [0.2, 0.25) is 10.0 Å². The van der Waals surface area contributed by atoms with Crippen molar-refractivity contribution in [1.29, 1.82) is 0 Å². The average Bonchev–Trinajstić information content (AvgIpc) is 2.83. The lowest BCUT2D eigenvalue weighted by molar-refractivity contribution is 0.402. The fraction of sp³-hybridized carbons (Fsp3) is 0.562. The number of primary sulfonamides is 1. The van der Waals surface area contributed by atoms with Crippen LogP contribution in [0.1, 0.15) is 31.2 Å². The Bertz CT molecular complexity index is 687. The van der Waals surface area contributed by atoms with Crippen LogP contribution in [0.15, 0.2) is 28.1 Å². The van der Waals surface area contributed by atoms with E-state index in [0.29, 0.717) is 18.9 Å². The number of ether oxygens (including phenoxy) is 1. The van der Waals surface area contributed by atoms with Gasteiger partial charge in [-0.05, 0) is 37.0 Å². The van der Waals surface area contributed by atoms with Crippen molar-refractivity contribution in [3.05, 3.63) is 23.8 Å². The Morgan fingerprint density at radius 1 is 1.24 bits per heavy atom. The summed E-state index contributed by atoms with van der Waals surface area (Å²) in [5.74, 6) is 0.811. The van der Waals surface area contributed by atoms with Crippen molar-refractivity contribution < 1.29 is 13.2 Å². The van der Waals surface area contributed by atoms with Gasteiger partial charge in [-0.2, -0.15) is 0 Å². The van der Waals surface area contributed by atoms with E-state index in [0.717, 1.165) is 31.5 Å². The minimum Gasteiger partial charge on any atom is -0.495 e. The Hall–Kier alpha value is -1.07. The van der Waals surface area contributed by atoms with Crippen molar-refractivity contribution in [3.8, 4) is 5.75 Å². The maximum Gasteiger partial charge on any atom is 0.241 e. The Balaban J connectivity index is 0.00000312.